The highest BCUT2D eigenvalue weighted by Gasteiger charge is 2.38. The van der Waals surface area contributed by atoms with E-state index in [-0.39, 0.29) is 17.2 Å². The Morgan fingerprint density at radius 1 is 1.32 bits per heavy atom. The Morgan fingerprint density at radius 3 is 2.42 bits per heavy atom. The monoisotopic (exact) mass is 308 g/mol. The third-order valence-corrected chi connectivity index (χ3v) is 7.51. The van der Waals surface area contributed by atoms with Gasteiger partial charge in [-0.25, -0.2) is 8.42 Å². The zero-order valence-corrected chi connectivity index (χ0v) is 14.0. The first kappa shape index (κ1) is 17.3. The second-order valence-corrected chi connectivity index (χ2v) is 8.70. The van der Waals surface area contributed by atoms with E-state index in [1.165, 1.54) is 0 Å². The van der Waals surface area contributed by atoms with E-state index in [4.69, 9.17) is 5.73 Å². The van der Waals surface area contributed by atoms with Crippen molar-refractivity contribution in [3.63, 3.8) is 0 Å². The normalized spacial score (nSPS) is 23.7. The number of rotatable bonds is 7. The lowest BCUT2D eigenvalue weighted by molar-refractivity contribution is 0.136. The van der Waals surface area contributed by atoms with E-state index in [0.29, 0.717) is 18.2 Å². The maximum atomic E-state index is 12.3. The third kappa shape index (κ3) is 4.09. The summed E-state index contributed by atoms with van der Waals surface area (Å²) in [5.74, 6) is 2.40. The molecule has 114 valence electrons. The van der Waals surface area contributed by atoms with Crippen LogP contribution in [0.2, 0.25) is 0 Å². The predicted molar refractivity (Wildman–Crippen MR) is 84.2 cm³/mol. The molecule has 0 spiro atoms. The van der Waals surface area contributed by atoms with Gasteiger partial charge in [-0.1, -0.05) is 33.6 Å². The fourth-order valence-corrected chi connectivity index (χ4v) is 5.98. The second-order valence-electron chi connectivity index (χ2n) is 5.10. The van der Waals surface area contributed by atoms with Crippen molar-refractivity contribution in [3.05, 3.63) is 0 Å². The molecule has 0 aromatic carbocycles. The Hall–Kier alpha value is 0.220. The van der Waals surface area contributed by atoms with E-state index < -0.39 is 9.84 Å². The highest BCUT2D eigenvalue weighted by molar-refractivity contribution is 8.01. The van der Waals surface area contributed by atoms with Crippen LogP contribution in [-0.2, 0) is 9.84 Å². The summed E-state index contributed by atoms with van der Waals surface area (Å²) in [5, 5.41) is -0.342. The molecule has 1 aliphatic heterocycles. The molecule has 1 fully saturated rings. The molecule has 1 heterocycles. The molecule has 1 aliphatic rings. The third-order valence-electron chi connectivity index (χ3n) is 4.20. The quantitative estimate of drug-likeness (QED) is 0.773. The second kappa shape index (κ2) is 7.86. The van der Waals surface area contributed by atoms with Gasteiger partial charge in [0.25, 0.3) is 0 Å². The number of hydrogen-bond acceptors (Lipinski definition) is 5. The van der Waals surface area contributed by atoms with Crippen LogP contribution in [-0.4, -0.2) is 55.1 Å². The molecule has 1 rings (SSSR count). The van der Waals surface area contributed by atoms with Crippen LogP contribution in [0.15, 0.2) is 0 Å². The summed E-state index contributed by atoms with van der Waals surface area (Å²) in [6.07, 6.45) is 2.11. The summed E-state index contributed by atoms with van der Waals surface area (Å²) in [7, 11) is -3.03. The molecular weight excluding hydrogens is 280 g/mol. The van der Waals surface area contributed by atoms with Gasteiger partial charge in [-0.15, -0.1) is 0 Å². The van der Waals surface area contributed by atoms with Crippen molar-refractivity contribution < 1.29 is 8.42 Å². The highest BCUT2D eigenvalue weighted by atomic mass is 32.2. The highest BCUT2D eigenvalue weighted by Crippen LogP contribution is 2.28. The van der Waals surface area contributed by atoms with Crippen LogP contribution in [0, 0.1) is 5.92 Å². The average Bonchev–Trinajstić information content (AvgIpc) is 2.44. The van der Waals surface area contributed by atoms with Gasteiger partial charge in [0.15, 0.2) is 9.84 Å². The lowest BCUT2D eigenvalue weighted by Gasteiger charge is -2.42. The molecule has 4 nitrogen and oxygen atoms in total. The fourth-order valence-electron chi connectivity index (χ4n) is 2.91. The number of nitrogens with zero attached hydrogens (tertiary/aromatic N) is 1. The summed E-state index contributed by atoms with van der Waals surface area (Å²) in [5.41, 5.74) is 5.96. The molecule has 0 radical (unpaired) electrons. The minimum Gasteiger partial charge on any atom is -0.329 e. The number of hydrogen-bond donors (Lipinski definition) is 1. The maximum absolute atomic E-state index is 12.3. The lowest BCUT2D eigenvalue weighted by Crippen LogP contribution is -2.56. The van der Waals surface area contributed by atoms with E-state index in [2.05, 4.69) is 18.7 Å². The van der Waals surface area contributed by atoms with Crippen LogP contribution in [0.25, 0.3) is 0 Å². The van der Waals surface area contributed by atoms with Gasteiger partial charge in [0.05, 0.1) is 0 Å². The molecular formula is C13H28N2O2S2. The van der Waals surface area contributed by atoms with Crippen molar-refractivity contribution in [1.82, 2.24) is 4.90 Å². The molecule has 19 heavy (non-hydrogen) atoms. The Kier molecular flexibility index (Phi) is 7.14. The molecule has 0 aromatic rings. The van der Waals surface area contributed by atoms with Crippen molar-refractivity contribution in [1.29, 1.82) is 0 Å². The zero-order chi connectivity index (χ0) is 14.5. The molecule has 2 unspecified atom stereocenters. The maximum Gasteiger partial charge on any atom is 0.166 e. The minimum absolute atomic E-state index is 0.197. The minimum atomic E-state index is -3.03. The van der Waals surface area contributed by atoms with Gasteiger partial charge in [-0.05, 0) is 5.92 Å². The van der Waals surface area contributed by atoms with E-state index in [1.807, 2.05) is 0 Å². The molecule has 0 saturated carbocycles. The van der Waals surface area contributed by atoms with Gasteiger partial charge in [-0.2, -0.15) is 11.8 Å². The average molecular weight is 309 g/mol. The number of thioether (sulfide) groups is 1. The predicted octanol–water partition coefficient (Wildman–Crippen LogP) is 1.56. The van der Waals surface area contributed by atoms with Crippen molar-refractivity contribution in [3.8, 4) is 0 Å². The van der Waals surface area contributed by atoms with Gasteiger partial charge in [0, 0.05) is 36.4 Å². The van der Waals surface area contributed by atoms with Gasteiger partial charge in [0.1, 0.15) is 5.37 Å². The topological polar surface area (TPSA) is 63.4 Å². The first-order chi connectivity index (χ1) is 9.01. The van der Waals surface area contributed by atoms with E-state index in [0.717, 1.165) is 25.1 Å². The Labute approximate surface area is 122 Å². The standard InChI is InChI=1S/C13H28N2O2S2/c1-4-11(5-2)12(9-14)15-7-8-18-10-13(15)19(16,17)6-3/h11-13H,4-10,14H2,1-3H3. The Balaban J connectivity index is 2.97. The van der Waals surface area contributed by atoms with Gasteiger partial charge >= 0.3 is 0 Å². The van der Waals surface area contributed by atoms with Crippen LogP contribution in [0.3, 0.4) is 0 Å². The number of sulfone groups is 1. The van der Waals surface area contributed by atoms with E-state index >= 15 is 0 Å². The lowest BCUT2D eigenvalue weighted by atomic mass is 9.93. The largest absolute Gasteiger partial charge is 0.329 e. The van der Waals surface area contributed by atoms with Gasteiger partial charge in [-0.3, -0.25) is 4.90 Å². The van der Waals surface area contributed by atoms with Crippen LogP contribution in [0.4, 0.5) is 0 Å². The summed E-state index contributed by atoms with van der Waals surface area (Å²) >= 11 is 1.74. The SMILES string of the molecule is CCC(CC)C(CN)N1CCSCC1S(=O)(=O)CC. The van der Waals surface area contributed by atoms with Crippen molar-refractivity contribution in [2.75, 3.05) is 30.3 Å². The first-order valence-electron chi connectivity index (χ1n) is 7.26. The van der Waals surface area contributed by atoms with E-state index in [9.17, 15) is 8.42 Å². The zero-order valence-electron chi connectivity index (χ0n) is 12.3. The van der Waals surface area contributed by atoms with Crippen LogP contribution >= 0.6 is 11.8 Å². The summed E-state index contributed by atoms with van der Waals surface area (Å²) in [6.45, 7) is 7.46. The van der Waals surface area contributed by atoms with Crippen LogP contribution < -0.4 is 5.73 Å². The fraction of sp³-hybridized carbons (Fsp3) is 1.00. The summed E-state index contributed by atoms with van der Waals surface area (Å²) < 4.78 is 24.6. The smallest absolute Gasteiger partial charge is 0.166 e. The van der Waals surface area contributed by atoms with Crippen molar-refractivity contribution in [2.24, 2.45) is 11.7 Å². The van der Waals surface area contributed by atoms with E-state index in [1.54, 1.807) is 18.7 Å². The molecule has 2 N–H and O–H groups in total. The molecule has 0 bridgehead atoms. The van der Waals surface area contributed by atoms with Crippen molar-refractivity contribution in [2.45, 2.75) is 45.0 Å². The Bertz CT molecular complexity index is 356. The molecule has 0 amide bonds. The number of nitrogens with two attached hydrogens (primary N) is 1. The summed E-state index contributed by atoms with van der Waals surface area (Å²) in [4.78, 5) is 2.17. The van der Waals surface area contributed by atoms with Gasteiger partial charge in [0.2, 0.25) is 0 Å². The molecule has 0 aromatic heterocycles. The van der Waals surface area contributed by atoms with Gasteiger partial charge < -0.3 is 5.73 Å². The first-order valence-corrected chi connectivity index (χ1v) is 10.1. The molecule has 6 heteroatoms. The molecule has 0 aliphatic carbocycles. The molecule has 1 saturated heterocycles. The summed E-state index contributed by atoms with van der Waals surface area (Å²) in [6, 6.07) is 0.197. The van der Waals surface area contributed by atoms with Crippen LogP contribution in [0.5, 0.6) is 0 Å². The molecule has 2 atom stereocenters. The van der Waals surface area contributed by atoms with Crippen LogP contribution in [0.1, 0.15) is 33.6 Å². The Morgan fingerprint density at radius 2 is 1.95 bits per heavy atom. The van der Waals surface area contributed by atoms with Crippen molar-refractivity contribution >= 4 is 21.6 Å².